The molecule has 3 fully saturated rings. The lowest BCUT2D eigenvalue weighted by atomic mass is 9.82. The number of Topliss-reactive ketones (excluding diaryl/α,β-unsaturated/α-hetero) is 1. The zero-order valence-electron chi connectivity index (χ0n) is 28.5. The molecule has 258 valence electrons. The number of hydrogen-bond donors (Lipinski definition) is 4. The summed E-state index contributed by atoms with van der Waals surface area (Å²) in [7, 11) is 1.36. The number of likely N-dealkylation sites (N-methyl/N-ethyl adjacent to an activating group) is 1. The molecule has 3 aliphatic rings. The Bertz CT molecular complexity index is 1320. The Labute approximate surface area is 277 Å². The Morgan fingerprint density at radius 3 is 2.19 bits per heavy atom. The largest absolute Gasteiger partial charge is 0.353 e. The van der Waals surface area contributed by atoms with Gasteiger partial charge in [-0.05, 0) is 54.8 Å². The molecule has 0 aromatic carbocycles. The number of carbonyl (C=O) groups excluding carboxylic acids is 6. The zero-order valence-corrected chi connectivity index (χ0v) is 28.5. The van der Waals surface area contributed by atoms with E-state index in [4.69, 9.17) is 0 Å². The molecular weight excluding hydrogens is 602 g/mol. The molecule has 2 heterocycles. The van der Waals surface area contributed by atoms with E-state index in [9.17, 15) is 28.8 Å². The van der Waals surface area contributed by atoms with Gasteiger partial charge in [0.25, 0.3) is 11.8 Å². The van der Waals surface area contributed by atoms with Crippen LogP contribution in [-0.2, 0) is 24.0 Å². The molecule has 4 N–H and O–H groups in total. The first-order valence-corrected chi connectivity index (χ1v) is 17.0. The molecule has 13 nitrogen and oxygen atoms in total. The second-order valence-corrected chi connectivity index (χ2v) is 14.7. The number of fused-ring (bicyclic) bond motifs is 1. The number of hydrogen-bond acceptors (Lipinski definition) is 8. The molecule has 6 atom stereocenters. The average molecular weight is 654 g/mol. The van der Waals surface area contributed by atoms with Gasteiger partial charge < -0.3 is 26.2 Å². The molecule has 0 bridgehead atoms. The maximum Gasteiger partial charge on any atom is 0.289 e. The minimum absolute atomic E-state index is 0.0941. The van der Waals surface area contributed by atoms with Crippen molar-refractivity contribution in [2.45, 2.75) is 110 Å². The molecule has 2 saturated carbocycles. The second kappa shape index (κ2) is 15.3. The fourth-order valence-electron chi connectivity index (χ4n) is 7.45. The van der Waals surface area contributed by atoms with Crippen LogP contribution < -0.4 is 21.3 Å². The van der Waals surface area contributed by atoms with Gasteiger partial charge >= 0.3 is 0 Å². The molecule has 0 spiro atoms. The van der Waals surface area contributed by atoms with E-state index in [2.05, 4.69) is 31.2 Å². The maximum atomic E-state index is 14.5. The predicted molar refractivity (Wildman–Crippen MR) is 173 cm³/mol. The Hall–Kier alpha value is -3.90. The van der Waals surface area contributed by atoms with Gasteiger partial charge in [-0.1, -0.05) is 60.3 Å². The Kier molecular flexibility index (Phi) is 11.7. The highest BCUT2D eigenvalue weighted by Gasteiger charge is 2.52. The van der Waals surface area contributed by atoms with Crippen LogP contribution in [-0.4, -0.2) is 87.9 Å². The summed E-state index contributed by atoms with van der Waals surface area (Å²) in [6.07, 6.45) is 11.2. The Morgan fingerprint density at radius 2 is 1.60 bits per heavy atom. The first kappa shape index (κ1) is 35.9. The lowest BCUT2D eigenvalue weighted by Gasteiger charge is -2.38. The highest BCUT2D eigenvalue weighted by atomic mass is 16.2. The number of carbonyl (C=O) groups is 6. The van der Waals surface area contributed by atoms with E-state index < -0.39 is 59.0 Å². The first-order valence-electron chi connectivity index (χ1n) is 17.0. The number of aromatic nitrogens is 2. The summed E-state index contributed by atoms with van der Waals surface area (Å²) in [5.41, 5.74) is -0.649. The van der Waals surface area contributed by atoms with Crippen molar-refractivity contribution in [3.05, 3.63) is 24.3 Å². The summed E-state index contributed by atoms with van der Waals surface area (Å²) in [5.74, 6) is -3.83. The van der Waals surface area contributed by atoms with Crippen molar-refractivity contribution < 1.29 is 28.8 Å². The van der Waals surface area contributed by atoms with Crippen LogP contribution in [0.15, 0.2) is 18.6 Å². The molecule has 0 radical (unpaired) electrons. The van der Waals surface area contributed by atoms with E-state index in [1.807, 2.05) is 20.8 Å². The summed E-state index contributed by atoms with van der Waals surface area (Å²) >= 11 is 0. The fourth-order valence-corrected chi connectivity index (χ4v) is 7.45. The van der Waals surface area contributed by atoms with E-state index in [1.54, 1.807) is 18.7 Å². The molecule has 2 unspecified atom stereocenters. The van der Waals surface area contributed by atoms with Crippen LogP contribution in [0.5, 0.6) is 0 Å². The average Bonchev–Trinajstić information content (AvgIpc) is 3.65. The molecule has 13 heteroatoms. The molecule has 1 aromatic rings. The lowest BCUT2D eigenvalue weighted by Crippen LogP contribution is -2.62. The molecular formula is C34H51N7O6. The van der Waals surface area contributed by atoms with E-state index in [0.29, 0.717) is 6.54 Å². The van der Waals surface area contributed by atoms with E-state index in [1.165, 1.54) is 25.6 Å². The Morgan fingerprint density at radius 1 is 0.894 bits per heavy atom. The lowest BCUT2D eigenvalue weighted by molar-refractivity contribution is -0.146. The number of nitrogens with one attached hydrogen (secondary N) is 4. The summed E-state index contributed by atoms with van der Waals surface area (Å²) in [5, 5.41) is 11.0. The van der Waals surface area contributed by atoms with Gasteiger partial charge in [0.15, 0.2) is 0 Å². The number of rotatable bonds is 11. The summed E-state index contributed by atoms with van der Waals surface area (Å²) < 4.78 is 0. The van der Waals surface area contributed by atoms with Gasteiger partial charge in [0.1, 0.15) is 23.8 Å². The predicted octanol–water partition coefficient (Wildman–Crippen LogP) is 1.77. The molecule has 1 aliphatic heterocycles. The fraction of sp³-hybridized carbons (Fsp3) is 0.706. The van der Waals surface area contributed by atoms with Gasteiger partial charge in [-0.2, -0.15) is 0 Å². The third-order valence-electron chi connectivity index (χ3n) is 10.0. The third kappa shape index (κ3) is 8.34. The molecule has 4 rings (SSSR count). The van der Waals surface area contributed by atoms with Crippen LogP contribution in [0.2, 0.25) is 0 Å². The first-order chi connectivity index (χ1) is 22.2. The van der Waals surface area contributed by atoms with Crippen molar-refractivity contribution in [3.63, 3.8) is 0 Å². The number of amides is 5. The van der Waals surface area contributed by atoms with E-state index >= 15 is 0 Å². The van der Waals surface area contributed by atoms with Crippen molar-refractivity contribution in [2.75, 3.05) is 13.6 Å². The van der Waals surface area contributed by atoms with Gasteiger partial charge in [0.05, 0.1) is 12.2 Å². The zero-order chi connectivity index (χ0) is 34.5. The molecule has 1 aromatic heterocycles. The molecule has 5 amide bonds. The normalized spacial score (nSPS) is 23.3. The van der Waals surface area contributed by atoms with Gasteiger partial charge in [-0.3, -0.25) is 33.8 Å². The third-order valence-corrected chi connectivity index (χ3v) is 10.0. The van der Waals surface area contributed by atoms with Gasteiger partial charge in [0.2, 0.25) is 23.5 Å². The molecule has 2 aliphatic carbocycles. The highest BCUT2D eigenvalue weighted by molar-refractivity contribution is 6.38. The second-order valence-electron chi connectivity index (χ2n) is 14.7. The number of likely N-dealkylation sites (tertiary alicyclic amines) is 1. The topological polar surface area (TPSA) is 180 Å². The quantitative estimate of drug-likeness (QED) is 0.261. The van der Waals surface area contributed by atoms with Crippen LogP contribution >= 0.6 is 0 Å². The minimum atomic E-state index is -1.05. The van der Waals surface area contributed by atoms with Crippen LogP contribution in [0.25, 0.3) is 0 Å². The summed E-state index contributed by atoms with van der Waals surface area (Å²) in [6.45, 7) is 9.41. The highest BCUT2D eigenvalue weighted by Crippen LogP contribution is 2.43. The standard InChI is InChI=1S/C34H51N7O6/c1-19(2)24(27(42)32(46)35-6)38-31(45)26-22-14-10-13-21(22)18-41(26)33(47)28(34(3,4)5)40-30(44)25(20-11-8-7-9-12-20)39-29(43)23-17-36-15-16-37-23/h15-17,19-22,24-26,28H,7-14,18H2,1-6H3,(H,35,46)(H,38,45)(H,39,43)(H,40,44)/t21-,22-,24-,25-,26?,28?/m0/s1. The maximum absolute atomic E-state index is 14.5. The van der Waals surface area contributed by atoms with Crippen molar-refractivity contribution in [1.82, 2.24) is 36.1 Å². The Balaban J connectivity index is 1.59. The number of nitrogens with zero attached hydrogens (tertiary/aromatic N) is 3. The number of ketones is 1. The van der Waals surface area contributed by atoms with Crippen molar-refractivity contribution in [2.24, 2.45) is 29.1 Å². The summed E-state index contributed by atoms with van der Waals surface area (Å²) in [6, 6.07) is -3.79. The molecule has 47 heavy (non-hydrogen) atoms. The van der Waals surface area contributed by atoms with Crippen LogP contribution in [0, 0.1) is 29.1 Å². The monoisotopic (exact) mass is 653 g/mol. The van der Waals surface area contributed by atoms with E-state index in [-0.39, 0.29) is 35.3 Å². The van der Waals surface area contributed by atoms with Crippen molar-refractivity contribution in [1.29, 1.82) is 0 Å². The van der Waals surface area contributed by atoms with Gasteiger partial charge in [0, 0.05) is 26.0 Å². The van der Waals surface area contributed by atoms with Crippen LogP contribution in [0.1, 0.15) is 96.5 Å². The smallest absolute Gasteiger partial charge is 0.289 e. The minimum Gasteiger partial charge on any atom is -0.353 e. The van der Waals surface area contributed by atoms with Gasteiger partial charge in [-0.25, -0.2) is 4.98 Å². The summed E-state index contributed by atoms with van der Waals surface area (Å²) in [4.78, 5) is 90.4. The van der Waals surface area contributed by atoms with Gasteiger partial charge in [-0.15, -0.1) is 0 Å². The van der Waals surface area contributed by atoms with Crippen LogP contribution in [0.4, 0.5) is 0 Å². The van der Waals surface area contributed by atoms with E-state index in [0.717, 1.165) is 51.4 Å². The van der Waals surface area contributed by atoms with Crippen molar-refractivity contribution >= 4 is 35.3 Å². The SMILES string of the molecule is CNC(=O)C(=O)[C@@H](NC(=O)C1[C@H]2CCC[C@H]2CN1C(=O)C(NC(=O)[C@@H](NC(=O)c1cnccn1)C1CCCCC1)C(C)(C)C)C(C)C. The van der Waals surface area contributed by atoms with Crippen molar-refractivity contribution in [3.8, 4) is 0 Å². The molecule has 1 saturated heterocycles. The van der Waals surface area contributed by atoms with Crippen LogP contribution in [0.3, 0.4) is 0 Å².